The summed E-state index contributed by atoms with van der Waals surface area (Å²) >= 11 is 0. The molecule has 0 spiro atoms. The Kier molecular flexibility index (Phi) is 10.6. The van der Waals surface area contributed by atoms with Gasteiger partial charge in [0.1, 0.15) is 0 Å². The molecule has 1 aromatic rings. The fraction of sp³-hybridized carbons (Fsp3) is 0.444. The van der Waals surface area contributed by atoms with E-state index in [9.17, 15) is 0 Å². The first-order chi connectivity index (χ1) is 5.97. The molecule has 0 bridgehead atoms. The van der Waals surface area contributed by atoms with E-state index in [4.69, 9.17) is 0 Å². The van der Waals surface area contributed by atoms with Crippen molar-refractivity contribution >= 4 is 37.2 Å². The first-order valence-electron chi connectivity index (χ1n) is 4.31. The van der Waals surface area contributed by atoms with Crippen molar-refractivity contribution in [3.8, 4) is 0 Å². The Bertz CT molecular complexity index is 240. The van der Waals surface area contributed by atoms with Gasteiger partial charge in [-0.2, -0.15) is 0 Å². The van der Waals surface area contributed by atoms with Crippen LogP contribution in [0.5, 0.6) is 0 Å². The molecule has 1 saturated heterocycles. The van der Waals surface area contributed by atoms with Crippen LogP contribution in [0.3, 0.4) is 0 Å². The molecule has 0 radical (unpaired) electrons. The molecule has 1 aliphatic heterocycles. The van der Waals surface area contributed by atoms with Crippen LogP contribution < -0.4 is 10.6 Å². The number of hydrogen-bond donors (Lipinski definition) is 2. The summed E-state index contributed by atoms with van der Waals surface area (Å²) in [5.41, 5.74) is 1.27. The lowest BCUT2D eigenvalue weighted by Crippen LogP contribution is -2.42. The third-order valence-electron chi connectivity index (χ3n) is 2.13. The predicted octanol–water partition coefficient (Wildman–Crippen LogP) is 1.58. The Morgan fingerprint density at radius 3 is 2.53 bits per heavy atom. The predicted molar refractivity (Wildman–Crippen MR) is 69.6 cm³/mol. The summed E-state index contributed by atoms with van der Waals surface area (Å²) in [5, 5.41) is 6.78. The quantitative estimate of drug-likeness (QED) is 0.815. The number of aromatic nitrogens is 1. The summed E-state index contributed by atoms with van der Waals surface area (Å²) in [7, 11) is 0. The zero-order valence-corrected chi connectivity index (χ0v) is 10.6. The molecule has 1 unspecified atom stereocenters. The van der Waals surface area contributed by atoms with Gasteiger partial charge in [0.05, 0.1) is 0 Å². The van der Waals surface area contributed by atoms with Crippen LogP contribution in [0.25, 0.3) is 0 Å². The maximum absolute atomic E-state index is 4.09. The lowest BCUT2D eigenvalue weighted by Gasteiger charge is -2.24. The van der Waals surface area contributed by atoms with Gasteiger partial charge in [-0.3, -0.25) is 4.98 Å². The summed E-state index contributed by atoms with van der Waals surface area (Å²) in [6.45, 7) is 3.11. The summed E-state index contributed by atoms with van der Waals surface area (Å²) in [6.07, 6.45) is 3.73. The number of rotatable bonds is 1. The molecule has 6 heteroatoms. The summed E-state index contributed by atoms with van der Waals surface area (Å²) < 4.78 is 0. The Balaban J connectivity index is 0. The van der Waals surface area contributed by atoms with E-state index < -0.39 is 0 Å². The summed E-state index contributed by atoms with van der Waals surface area (Å²) in [5.74, 6) is 0. The van der Waals surface area contributed by atoms with Crippen LogP contribution in [0, 0.1) is 0 Å². The van der Waals surface area contributed by atoms with E-state index in [1.807, 2.05) is 12.3 Å². The average molecular weight is 273 g/mol. The Morgan fingerprint density at radius 2 is 2.00 bits per heavy atom. The highest BCUT2D eigenvalue weighted by Crippen LogP contribution is 2.10. The zero-order valence-electron chi connectivity index (χ0n) is 8.18. The molecular formula is C9H16Cl3N3. The lowest BCUT2D eigenvalue weighted by atomic mass is 10.1. The van der Waals surface area contributed by atoms with Gasteiger partial charge in [-0.15, -0.1) is 37.2 Å². The number of halogens is 3. The molecule has 1 aliphatic rings. The zero-order chi connectivity index (χ0) is 8.23. The molecule has 0 aromatic carbocycles. The third-order valence-corrected chi connectivity index (χ3v) is 2.13. The Hall–Kier alpha value is -0.0600. The van der Waals surface area contributed by atoms with Crippen LogP contribution in [0.4, 0.5) is 0 Å². The van der Waals surface area contributed by atoms with Gasteiger partial charge in [-0.1, -0.05) is 6.07 Å². The normalized spacial score (nSPS) is 19.1. The van der Waals surface area contributed by atoms with E-state index in [2.05, 4.69) is 21.7 Å². The highest BCUT2D eigenvalue weighted by atomic mass is 35.5. The smallest absolute Gasteiger partial charge is 0.0462 e. The van der Waals surface area contributed by atoms with Crippen molar-refractivity contribution < 1.29 is 0 Å². The van der Waals surface area contributed by atoms with Crippen molar-refractivity contribution in [2.24, 2.45) is 0 Å². The Labute approximate surface area is 109 Å². The van der Waals surface area contributed by atoms with E-state index in [0.29, 0.717) is 6.04 Å². The minimum absolute atomic E-state index is 0. The van der Waals surface area contributed by atoms with Gasteiger partial charge >= 0.3 is 0 Å². The second-order valence-corrected chi connectivity index (χ2v) is 3.00. The van der Waals surface area contributed by atoms with Gasteiger partial charge in [0.15, 0.2) is 0 Å². The van der Waals surface area contributed by atoms with Crippen LogP contribution in [-0.2, 0) is 0 Å². The fourth-order valence-corrected chi connectivity index (χ4v) is 1.47. The molecule has 0 amide bonds. The van der Waals surface area contributed by atoms with Crippen LogP contribution in [-0.4, -0.2) is 24.6 Å². The van der Waals surface area contributed by atoms with Crippen molar-refractivity contribution in [3.63, 3.8) is 0 Å². The molecule has 1 fully saturated rings. The third kappa shape index (κ3) is 5.00. The molecule has 2 rings (SSSR count). The topological polar surface area (TPSA) is 37.0 Å². The van der Waals surface area contributed by atoms with Crippen molar-refractivity contribution in [1.82, 2.24) is 15.6 Å². The van der Waals surface area contributed by atoms with E-state index in [1.54, 1.807) is 6.20 Å². The van der Waals surface area contributed by atoms with Crippen LogP contribution >= 0.6 is 37.2 Å². The first kappa shape index (κ1) is 17.3. The first-order valence-corrected chi connectivity index (χ1v) is 4.31. The van der Waals surface area contributed by atoms with Crippen molar-refractivity contribution in [2.75, 3.05) is 19.6 Å². The monoisotopic (exact) mass is 271 g/mol. The van der Waals surface area contributed by atoms with Crippen molar-refractivity contribution in [1.29, 1.82) is 0 Å². The molecule has 0 aliphatic carbocycles. The number of hydrogen-bond acceptors (Lipinski definition) is 3. The molecule has 2 N–H and O–H groups in total. The van der Waals surface area contributed by atoms with Crippen LogP contribution in [0.2, 0.25) is 0 Å². The average Bonchev–Trinajstić information content (AvgIpc) is 2.21. The highest BCUT2D eigenvalue weighted by Gasteiger charge is 2.13. The fourth-order valence-electron chi connectivity index (χ4n) is 1.47. The second kappa shape index (κ2) is 9.19. The minimum atomic E-state index is 0. The van der Waals surface area contributed by atoms with Gasteiger partial charge in [-0.25, -0.2) is 0 Å². The molecule has 88 valence electrons. The molecule has 1 atom stereocenters. The van der Waals surface area contributed by atoms with Gasteiger partial charge in [0.2, 0.25) is 0 Å². The van der Waals surface area contributed by atoms with Gasteiger partial charge in [0.25, 0.3) is 0 Å². The number of nitrogens with one attached hydrogen (secondary N) is 2. The summed E-state index contributed by atoms with van der Waals surface area (Å²) in [6, 6.07) is 4.52. The summed E-state index contributed by atoms with van der Waals surface area (Å²) in [4.78, 5) is 4.09. The Morgan fingerprint density at radius 1 is 1.20 bits per heavy atom. The van der Waals surface area contributed by atoms with Gasteiger partial charge < -0.3 is 10.6 Å². The number of piperazine rings is 1. The van der Waals surface area contributed by atoms with E-state index in [0.717, 1.165) is 19.6 Å². The van der Waals surface area contributed by atoms with Gasteiger partial charge in [0, 0.05) is 38.1 Å². The standard InChI is InChI=1S/C9H13N3.3ClH/c1-2-8(6-10-3-1)9-7-11-4-5-12-9;;;/h1-3,6,9,11-12H,4-5,7H2;3*1H. The molecule has 0 saturated carbocycles. The molecular weight excluding hydrogens is 256 g/mol. The molecule has 1 aromatic heterocycles. The lowest BCUT2D eigenvalue weighted by molar-refractivity contribution is 0.429. The second-order valence-electron chi connectivity index (χ2n) is 3.00. The molecule has 3 nitrogen and oxygen atoms in total. The molecule has 15 heavy (non-hydrogen) atoms. The van der Waals surface area contributed by atoms with E-state index in [1.165, 1.54) is 5.56 Å². The largest absolute Gasteiger partial charge is 0.314 e. The number of pyridine rings is 1. The van der Waals surface area contributed by atoms with Gasteiger partial charge in [-0.05, 0) is 11.6 Å². The van der Waals surface area contributed by atoms with E-state index >= 15 is 0 Å². The highest BCUT2D eigenvalue weighted by molar-refractivity contribution is 5.86. The number of nitrogens with zero attached hydrogens (tertiary/aromatic N) is 1. The maximum Gasteiger partial charge on any atom is 0.0462 e. The minimum Gasteiger partial charge on any atom is -0.314 e. The van der Waals surface area contributed by atoms with Crippen molar-refractivity contribution in [2.45, 2.75) is 6.04 Å². The van der Waals surface area contributed by atoms with Crippen LogP contribution in [0.15, 0.2) is 24.5 Å². The molecule has 2 heterocycles. The van der Waals surface area contributed by atoms with Crippen molar-refractivity contribution in [3.05, 3.63) is 30.1 Å². The van der Waals surface area contributed by atoms with E-state index in [-0.39, 0.29) is 37.2 Å². The van der Waals surface area contributed by atoms with Crippen LogP contribution in [0.1, 0.15) is 11.6 Å². The SMILES string of the molecule is Cl.Cl.Cl.c1cncc(C2CNCCN2)c1. The maximum atomic E-state index is 4.09.